The van der Waals surface area contributed by atoms with Crippen molar-refractivity contribution in [1.82, 2.24) is 24.7 Å². The first kappa shape index (κ1) is 13.6. The van der Waals surface area contributed by atoms with Crippen molar-refractivity contribution in [2.24, 2.45) is 0 Å². The van der Waals surface area contributed by atoms with Gasteiger partial charge in [0.25, 0.3) is 5.91 Å². The lowest BCUT2D eigenvalue weighted by molar-refractivity contribution is 0.102. The van der Waals surface area contributed by atoms with Gasteiger partial charge in [0.15, 0.2) is 5.82 Å². The van der Waals surface area contributed by atoms with Gasteiger partial charge in [0, 0.05) is 9.64 Å². The maximum Gasteiger partial charge on any atom is 0.257 e. The average Bonchev–Trinajstić information content (AvgIpc) is 3.02. The summed E-state index contributed by atoms with van der Waals surface area (Å²) in [6.07, 6.45) is 4.29. The number of amides is 1. The molecule has 2 heterocycles. The molecule has 3 rings (SSSR count). The number of hydrogen-bond acceptors (Lipinski definition) is 5. The van der Waals surface area contributed by atoms with E-state index in [2.05, 4.69) is 48.0 Å². The number of carbonyl (C=O) groups is 1. The van der Waals surface area contributed by atoms with Gasteiger partial charge in [-0.1, -0.05) is 12.1 Å². The van der Waals surface area contributed by atoms with Crippen LogP contribution in [0.5, 0.6) is 0 Å². The second-order valence-electron chi connectivity index (χ2n) is 4.04. The first-order valence-corrected chi connectivity index (χ1v) is 7.05. The minimum absolute atomic E-state index is 0.219. The summed E-state index contributed by atoms with van der Waals surface area (Å²) < 4.78 is 2.36. The van der Waals surface area contributed by atoms with Crippen LogP contribution in [-0.4, -0.2) is 30.6 Å². The van der Waals surface area contributed by atoms with Crippen LogP contribution in [0.15, 0.2) is 49.3 Å². The SMILES string of the molecule is O=C(Nc1cc(-n2cncn2)ncn1)c1ccccc1I. The first-order chi connectivity index (χ1) is 10.2. The van der Waals surface area contributed by atoms with Crippen LogP contribution in [0.25, 0.3) is 5.82 Å². The van der Waals surface area contributed by atoms with Crippen molar-refractivity contribution in [2.45, 2.75) is 0 Å². The van der Waals surface area contributed by atoms with Gasteiger partial charge < -0.3 is 5.32 Å². The van der Waals surface area contributed by atoms with Crippen molar-refractivity contribution in [1.29, 1.82) is 0 Å². The van der Waals surface area contributed by atoms with E-state index >= 15 is 0 Å². The molecule has 7 nitrogen and oxygen atoms in total. The first-order valence-electron chi connectivity index (χ1n) is 5.97. The standard InChI is InChI=1S/C13H9IN6O/c14-10-4-2-1-3-9(10)13(21)19-11-5-12(17-7-16-11)20-8-15-6-18-20/h1-8H,(H,16,17,19,21). The molecule has 0 bridgehead atoms. The highest BCUT2D eigenvalue weighted by Crippen LogP contribution is 2.14. The van der Waals surface area contributed by atoms with E-state index in [1.54, 1.807) is 12.1 Å². The Hall–Kier alpha value is -2.36. The summed E-state index contributed by atoms with van der Waals surface area (Å²) >= 11 is 2.12. The van der Waals surface area contributed by atoms with E-state index in [1.807, 2.05) is 18.2 Å². The van der Waals surface area contributed by atoms with Gasteiger partial charge in [-0.15, -0.1) is 0 Å². The summed E-state index contributed by atoms with van der Waals surface area (Å²) in [6.45, 7) is 0. The quantitative estimate of drug-likeness (QED) is 0.689. The van der Waals surface area contributed by atoms with Crippen LogP contribution < -0.4 is 5.32 Å². The van der Waals surface area contributed by atoms with Crippen LogP contribution in [0.4, 0.5) is 5.82 Å². The summed E-state index contributed by atoms with van der Waals surface area (Å²) in [7, 11) is 0. The molecule has 0 radical (unpaired) electrons. The van der Waals surface area contributed by atoms with Crippen LogP contribution in [0.1, 0.15) is 10.4 Å². The van der Waals surface area contributed by atoms with Crippen LogP contribution >= 0.6 is 22.6 Å². The molecule has 0 spiro atoms. The second kappa shape index (κ2) is 5.95. The summed E-state index contributed by atoms with van der Waals surface area (Å²) in [4.78, 5) is 24.2. The Kier molecular flexibility index (Phi) is 3.86. The third-order valence-electron chi connectivity index (χ3n) is 2.67. The predicted molar refractivity (Wildman–Crippen MR) is 84.1 cm³/mol. The Morgan fingerprint density at radius 2 is 2.05 bits per heavy atom. The molecule has 0 saturated heterocycles. The highest BCUT2D eigenvalue weighted by atomic mass is 127. The highest BCUT2D eigenvalue weighted by Gasteiger charge is 2.11. The summed E-state index contributed by atoms with van der Waals surface area (Å²) in [5.74, 6) is 0.712. The number of carbonyl (C=O) groups excluding carboxylic acids is 1. The Labute approximate surface area is 133 Å². The lowest BCUT2D eigenvalue weighted by atomic mass is 10.2. The molecule has 0 unspecified atom stereocenters. The molecule has 1 N–H and O–H groups in total. The third kappa shape index (κ3) is 3.05. The lowest BCUT2D eigenvalue weighted by Crippen LogP contribution is -2.15. The fourth-order valence-corrected chi connectivity index (χ4v) is 2.33. The number of hydrogen-bond donors (Lipinski definition) is 1. The Balaban J connectivity index is 1.84. The molecule has 8 heteroatoms. The zero-order valence-electron chi connectivity index (χ0n) is 10.6. The number of nitrogens with zero attached hydrogens (tertiary/aromatic N) is 5. The summed E-state index contributed by atoms with van der Waals surface area (Å²) in [5, 5.41) is 6.73. The highest BCUT2D eigenvalue weighted by molar-refractivity contribution is 14.1. The normalized spacial score (nSPS) is 10.3. The molecule has 0 aliphatic carbocycles. The van der Waals surface area contributed by atoms with E-state index in [0.717, 1.165) is 3.57 Å². The molecule has 0 fully saturated rings. The van der Waals surface area contributed by atoms with E-state index in [0.29, 0.717) is 17.2 Å². The zero-order chi connectivity index (χ0) is 14.7. The number of aromatic nitrogens is 5. The second-order valence-corrected chi connectivity index (χ2v) is 5.20. The van der Waals surface area contributed by atoms with E-state index in [4.69, 9.17) is 0 Å². The van der Waals surface area contributed by atoms with Gasteiger partial charge in [-0.05, 0) is 34.7 Å². The molecule has 21 heavy (non-hydrogen) atoms. The zero-order valence-corrected chi connectivity index (χ0v) is 12.8. The molecule has 1 amide bonds. The van der Waals surface area contributed by atoms with Crippen molar-refractivity contribution < 1.29 is 4.79 Å². The van der Waals surface area contributed by atoms with Crippen LogP contribution in [0.3, 0.4) is 0 Å². The minimum Gasteiger partial charge on any atom is -0.306 e. The number of nitrogens with one attached hydrogen (secondary N) is 1. The van der Waals surface area contributed by atoms with Gasteiger partial charge in [0.1, 0.15) is 24.8 Å². The molecule has 1 aromatic carbocycles. The molecular weight excluding hydrogens is 383 g/mol. The van der Waals surface area contributed by atoms with Gasteiger partial charge in [-0.2, -0.15) is 5.10 Å². The smallest absolute Gasteiger partial charge is 0.257 e. The van der Waals surface area contributed by atoms with Crippen molar-refractivity contribution in [3.63, 3.8) is 0 Å². The fraction of sp³-hybridized carbons (Fsp3) is 0. The van der Waals surface area contributed by atoms with Crippen molar-refractivity contribution >= 4 is 34.3 Å². The largest absolute Gasteiger partial charge is 0.306 e. The molecule has 104 valence electrons. The Bertz CT molecular complexity index is 774. The van der Waals surface area contributed by atoms with Gasteiger partial charge in [-0.3, -0.25) is 4.79 Å². The summed E-state index contributed by atoms with van der Waals surface area (Å²) in [5.41, 5.74) is 0.596. The minimum atomic E-state index is -0.219. The van der Waals surface area contributed by atoms with Crippen LogP contribution in [-0.2, 0) is 0 Å². The maximum atomic E-state index is 12.2. The number of anilines is 1. The molecule has 0 saturated carbocycles. The average molecular weight is 392 g/mol. The molecule has 3 aromatic rings. The number of rotatable bonds is 3. The maximum absolute atomic E-state index is 12.2. The number of halogens is 1. The fourth-order valence-electron chi connectivity index (χ4n) is 1.70. The van der Waals surface area contributed by atoms with Crippen LogP contribution in [0, 0.1) is 3.57 Å². The Morgan fingerprint density at radius 1 is 1.19 bits per heavy atom. The van der Waals surface area contributed by atoms with E-state index in [-0.39, 0.29) is 5.91 Å². The van der Waals surface area contributed by atoms with Gasteiger partial charge in [-0.25, -0.2) is 19.6 Å². The number of benzene rings is 1. The summed E-state index contributed by atoms with van der Waals surface area (Å²) in [6, 6.07) is 8.96. The predicted octanol–water partition coefficient (Wildman–Crippen LogP) is 1.91. The topological polar surface area (TPSA) is 85.6 Å². The molecule has 0 aliphatic rings. The van der Waals surface area contributed by atoms with E-state index in [9.17, 15) is 4.79 Å². The van der Waals surface area contributed by atoms with Gasteiger partial charge >= 0.3 is 0 Å². The van der Waals surface area contributed by atoms with Crippen molar-refractivity contribution in [3.8, 4) is 5.82 Å². The van der Waals surface area contributed by atoms with Gasteiger partial charge in [0.2, 0.25) is 0 Å². The van der Waals surface area contributed by atoms with Crippen LogP contribution in [0.2, 0.25) is 0 Å². The molecular formula is C13H9IN6O. The van der Waals surface area contributed by atoms with Crippen molar-refractivity contribution in [3.05, 3.63) is 58.4 Å². The Morgan fingerprint density at radius 3 is 2.81 bits per heavy atom. The molecule has 2 aromatic heterocycles. The van der Waals surface area contributed by atoms with Gasteiger partial charge in [0.05, 0.1) is 5.56 Å². The lowest BCUT2D eigenvalue weighted by Gasteiger charge is -2.07. The van der Waals surface area contributed by atoms with E-state index < -0.39 is 0 Å². The van der Waals surface area contributed by atoms with E-state index in [1.165, 1.54) is 23.7 Å². The monoisotopic (exact) mass is 392 g/mol. The third-order valence-corrected chi connectivity index (χ3v) is 3.61. The van der Waals surface area contributed by atoms with Crippen molar-refractivity contribution in [2.75, 3.05) is 5.32 Å². The molecule has 0 atom stereocenters. The molecule has 0 aliphatic heterocycles.